The van der Waals surface area contributed by atoms with Gasteiger partial charge < -0.3 is 9.73 Å². The number of nitrogens with zero attached hydrogens (tertiary/aromatic N) is 3. The molecule has 11 heteroatoms. The van der Waals surface area contributed by atoms with E-state index in [0.29, 0.717) is 11.3 Å². The first kappa shape index (κ1) is 21.2. The predicted octanol–water partition coefficient (Wildman–Crippen LogP) is 4.96. The van der Waals surface area contributed by atoms with Crippen molar-refractivity contribution in [1.82, 2.24) is 0 Å². The normalized spacial score (nSPS) is 10.9. The van der Waals surface area contributed by atoms with E-state index in [-0.39, 0.29) is 27.7 Å². The van der Waals surface area contributed by atoms with Gasteiger partial charge in [-0.3, -0.25) is 25.0 Å². The molecule has 0 spiro atoms. The summed E-state index contributed by atoms with van der Waals surface area (Å²) in [7, 11) is 0. The number of hydrogen-bond acceptors (Lipinski definition) is 7. The Morgan fingerprint density at radius 2 is 1.77 bits per heavy atom. The van der Waals surface area contributed by atoms with Crippen LogP contribution in [-0.2, 0) is 4.79 Å². The van der Waals surface area contributed by atoms with Crippen LogP contribution in [0.1, 0.15) is 5.76 Å². The molecule has 0 atom stereocenters. The highest BCUT2D eigenvalue weighted by Gasteiger charge is 2.19. The first-order valence-electron chi connectivity index (χ1n) is 8.50. The third kappa shape index (κ3) is 4.92. The number of amides is 1. The predicted molar refractivity (Wildman–Crippen MR) is 111 cm³/mol. The summed E-state index contributed by atoms with van der Waals surface area (Å²) in [6.07, 6.45) is 1.17. The summed E-state index contributed by atoms with van der Waals surface area (Å²) >= 11 is 5.74. The van der Waals surface area contributed by atoms with Crippen molar-refractivity contribution in [1.29, 1.82) is 5.26 Å². The topological polar surface area (TPSA) is 152 Å². The second kappa shape index (κ2) is 8.89. The zero-order chi connectivity index (χ0) is 22.5. The number of halogens is 1. The number of non-ortho nitro benzene ring substituents is 1. The van der Waals surface area contributed by atoms with E-state index in [1.165, 1.54) is 48.5 Å². The molecule has 0 bridgehead atoms. The van der Waals surface area contributed by atoms with Gasteiger partial charge in [0.05, 0.1) is 9.85 Å². The fraction of sp³-hybridized carbons (Fsp3) is 0. The maximum atomic E-state index is 12.4. The SMILES string of the molecule is N#C/C(=C\c1ccc(-c2ccc([N+](=O)[O-])cc2)o1)C(=O)Nc1ccc(Cl)cc1[N+](=O)[O-]. The maximum Gasteiger partial charge on any atom is 0.294 e. The van der Waals surface area contributed by atoms with Gasteiger partial charge in [0.1, 0.15) is 28.9 Å². The standard InChI is InChI=1S/C20H11ClN4O6/c21-14-3-7-17(18(10-14)25(29)30)23-20(26)13(11-22)9-16-6-8-19(31-16)12-1-4-15(5-2-12)24(27)28/h1-10H,(H,23,26)/b13-9+. The van der Waals surface area contributed by atoms with Gasteiger partial charge in [-0.25, -0.2) is 0 Å². The van der Waals surface area contributed by atoms with Crippen LogP contribution in [0.3, 0.4) is 0 Å². The molecule has 0 fully saturated rings. The quantitative estimate of drug-likeness (QED) is 0.247. The molecule has 0 radical (unpaired) electrons. The van der Waals surface area contributed by atoms with E-state index in [1.54, 1.807) is 12.1 Å². The lowest BCUT2D eigenvalue weighted by Crippen LogP contribution is -2.14. The Balaban J connectivity index is 1.83. The van der Waals surface area contributed by atoms with Gasteiger partial charge in [-0.15, -0.1) is 0 Å². The van der Waals surface area contributed by atoms with E-state index < -0.39 is 21.4 Å². The second-order valence-electron chi connectivity index (χ2n) is 6.05. The van der Waals surface area contributed by atoms with Crippen molar-refractivity contribution in [2.24, 2.45) is 0 Å². The molecule has 1 amide bonds. The molecule has 0 aliphatic heterocycles. The van der Waals surface area contributed by atoms with Crippen molar-refractivity contribution < 1.29 is 19.1 Å². The first-order valence-corrected chi connectivity index (χ1v) is 8.88. The number of nitriles is 1. The summed E-state index contributed by atoms with van der Waals surface area (Å²) in [5.74, 6) is -0.334. The molecule has 0 saturated carbocycles. The number of furan rings is 1. The molecular weight excluding hydrogens is 428 g/mol. The van der Waals surface area contributed by atoms with Gasteiger partial charge in [0.15, 0.2) is 0 Å². The average Bonchev–Trinajstić information content (AvgIpc) is 3.21. The second-order valence-corrected chi connectivity index (χ2v) is 6.48. The van der Waals surface area contributed by atoms with E-state index in [2.05, 4.69) is 5.32 Å². The van der Waals surface area contributed by atoms with Crippen molar-refractivity contribution in [3.63, 3.8) is 0 Å². The third-order valence-electron chi connectivity index (χ3n) is 4.05. The van der Waals surface area contributed by atoms with Gasteiger partial charge in [0.25, 0.3) is 17.3 Å². The average molecular weight is 439 g/mol. The monoisotopic (exact) mass is 438 g/mol. The van der Waals surface area contributed by atoms with Gasteiger partial charge in [-0.1, -0.05) is 11.6 Å². The van der Waals surface area contributed by atoms with Crippen LogP contribution in [0, 0.1) is 31.6 Å². The summed E-state index contributed by atoms with van der Waals surface area (Å²) in [6, 6.07) is 14.1. The molecular formula is C20H11ClN4O6. The van der Waals surface area contributed by atoms with Gasteiger partial charge in [0.2, 0.25) is 0 Å². The Morgan fingerprint density at radius 1 is 1.06 bits per heavy atom. The van der Waals surface area contributed by atoms with Crippen LogP contribution >= 0.6 is 11.6 Å². The van der Waals surface area contributed by atoms with Crippen LogP contribution in [-0.4, -0.2) is 15.8 Å². The number of rotatable bonds is 6. The summed E-state index contributed by atoms with van der Waals surface area (Å²) in [5.41, 5.74) is -0.405. The highest BCUT2D eigenvalue weighted by Crippen LogP contribution is 2.29. The highest BCUT2D eigenvalue weighted by molar-refractivity contribution is 6.31. The van der Waals surface area contributed by atoms with E-state index in [4.69, 9.17) is 16.0 Å². The van der Waals surface area contributed by atoms with Crippen molar-refractivity contribution in [2.45, 2.75) is 0 Å². The zero-order valence-electron chi connectivity index (χ0n) is 15.4. The van der Waals surface area contributed by atoms with Gasteiger partial charge in [-0.05, 0) is 36.4 Å². The highest BCUT2D eigenvalue weighted by atomic mass is 35.5. The molecule has 154 valence electrons. The third-order valence-corrected chi connectivity index (χ3v) is 4.28. The van der Waals surface area contributed by atoms with E-state index in [1.807, 2.05) is 0 Å². The summed E-state index contributed by atoms with van der Waals surface area (Å²) in [4.78, 5) is 33.1. The Kier molecular flexibility index (Phi) is 6.09. The molecule has 0 unspecified atom stereocenters. The minimum Gasteiger partial charge on any atom is -0.457 e. The number of anilines is 1. The molecule has 0 aliphatic carbocycles. The lowest BCUT2D eigenvalue weighted by atomic mass is 10.1. The molecule has 1 N–H and O–H groups in total. The van der Waals surface area contributed by atoms with Crippen LogP contribution in [0.5, 0.6) is 0 Å². The minimum absolute atomic E-state index is 0.0739. The van der Waals surface area contributed by atoms with Crippen molar-refractivity contribution in [3.05, 3.63) is 91.2 Å². The molecule has 1 heterocycles. The molecule has 3 rings (SSSR count). The number of carbonyl (C=O) groups excluding carboxylic acids is 1. The van der Waals surface area contributed by atoms with Crippen LogP contribution in [0.15, 0.2) is 64.6 Å². The number of hydrogen-bond donors (Lipinski definition) is 1. The van der Waals surface area contributed by atoms with E-state index in [0.717, 1.165) is 6.07 Å². The molecule has 2 aromatic carbocycles. The summed E-state index contributed by atoms with van der Waals surface area (Å²) in [5, 5.41) is 33.6. The van der Waals surface area contributed by atoms with Gasteiger partial charge in [0, 0.05) is 34.9 Å². The minimum atomic E-state index is -0.874. The maximum absolute atomic E-state index is 12.4. The Bertz CT molecular complexity index is 1260. The fourth-order valence-electron chi connectivity index (χ4n) is 2.58. The summed E-state index contributed by atoms with van der Waals surface area (Å²) in [6.45, 7) is 0. The number of benzene rings is 2. The van der Waals surface area contributed by atoms with Crippen LogP contribution in [0.2, 0.25) is 5.02 Å². The van der Waals surface area contributed by atoms with Crippen LogP contribution in [0.4, 0.5) is 17.1 Å². The number of nitrogens with one attached hydrogen (secondary N) is 1. The van der Waals surface area contributed by atoms with Crippen molar-refractivity contribution in [3.8, 4) is 17.4 Å². The summed E-state index contributed by atoms with van der Waals surface area (Å²) < 4.78 is 5.58. The lowest BCUT2D eigenvalue weighted by molar-refractivity contribution is -0.384. The fourth-order valence-corrected chi connectivity index (χ4v) is 2.74. The molecule has 31 heavy (non-hydrogen) atoms. The number of carbonyl (C=O) groups is 1. The number of nitro benzene ring substituents is 2. The van der Waals surface area contributed by atoms with Crippen molar-refractivity contribution in [2.75, 3.05) is 5.32 Å². The molecule has 3 aromatic rings. The first-order chi connectivity index (χ1) is 14.8. The van der Waals surface area contributed by atoms with E-state index >= 15 is 0 Å². The molecule has 1 aromatic heterocycles. The lowest BCUT2D eigenvalue weighted by Gasteiger charge is -2.05. The van der Waals surface area contributed by atoms with Crippen LogP contribution < -0.4 is 5.32 Å². The molecule has 10 nitrogen and oxygen atoms in total. The van der Waals surface area contributed by atoms with E-state index in [9.17, 15) is 30.3 Å². The Labute approximate surface area is 179 Å². The Hall–Kier alpha value is -4.49. The smallest absolute Gasteiger partial charge is 0.294 e. The Morgan fingerprint density at radius 3 is 2.39 bits per heavy atom. The largest absolute Gasteiger partial charge is 0.457 e. The molecule has 0 aliphatic rings. The zero-order valence-corrected chi connectivity index (χ0v) is 16.2. The number of nitro groups is 2. The van der Waals surface area contributed by atoms with Gasteiger partial charge in [-0.2, -0.15) is 5.26 Å². The van der Waals surface area contributed by atoms with Crippen LogP contribution in [0.25, 0.3) is 17.4 Å². The molecule has 0 saturated heterocycles. The van der Waals surface area contributed by atoms with Gasteiger partial charge >= 0.3 is 0 Å². The van der Waals surface area contributed by atoms with Crippen molar-refractivity contribution >= 4 is 40.6 Å².